The van der Waals surface area contributed by atoms with Crippen molar-refractivity contribution in [1.29, 1.82) is 0 Å². The number of piperidine rings is 1. The number of amides is 2. The number of hydrogen-bond acceptors (Lipinski definition) is 4. The molecule has 0 radical (unpaired) electrons. The molecule has 1 spiro atoms. The first kappa shape index (κ1) is 18.9. The number of carbonyl (C=O) groups is 2. The van der Waals surface area contributed by atoms with E-state index < -0.39 is 0 Å². The fourth-order valence-corrected chi connectivity index (χ4v) is 4.52. The zero-order chi connectivity index (χ0) is 19.7. The standard InChI is InChI=1S/C21H29N5O2/c1-15(2)13-26-14-24-17-11-16(12-23-19(17)26)20(28)25-9-6-21(7-10-25)4-3-18(27)22-8-5-21/h11-12,14-15H,3-10,13H2,1-2H3,(H,22,27). The topological polar surface area (TPSA) is 80.1 Å². The van der Waals surface area contributed by atoms with Crippen LogP contribution < -0.4 is 5.32 Å². The average Bonchev–Trinajstić information content (AvgIpc) is 2.98. The van der Waals surface area contributed by atoms with Crippen molar-refractivity contribution in [3.63, 3.8) is 0 Å². The lowest BCUT2D eigenvalue weighted by atomic mass is 9.73. The minimum atomic E-state index is 0.0329. The van der Waals surface area contributed by atoms with Gasteiger partial charge in [0.05, 0.1) is 11.9 Å². The highest BCUT2D eigenvalue weighted by Gasteiger charge is 2.37. The first-order chi connectivity index (χ1) is 13.5. The minimum absolute atomic E-state index is 0.0329. The zero-order valence-electron chi connectivity index (χ0n) is 16.8. The maximum absolute atomic E-state index is 13.0. The summed E-state index contributed by atoms with van der Waals surface area (Å²) in [6, 6.07) is 1.86. The lowest BCUT2D eigenvalue weighted by Crippen LogP contribution is -2.43. The van der Waals surface area contributed by atoms with Crippen LogP contribution in [0.2, 0.25) is 0 Å². The van der Waals surface area contributed by atoms with Crippen molar-refractivity contribution in [1.82, 2.24) is 24.8 Å². The molecule has 7 heteroatoms. The summed E-state index contributed by atoms with van der Waals surface area (Å²) >= 11 is 0. The fraction of sp³-hybridized carbons (Fsp3) is 0.619. The monoisotopic (exact) mass is 383 g/mol. The summed E-state index contributed by atoms with van der Waals surface area (Å²) in [5.41, 5.74) is 2.41. The van der Waals surface area contributed by atoms with E-state index in [2.05, 4.69) is 29.1 Å². The van der Waals surface area contributed by atoms with Crippen LogP contribution in [0.15, 0.2) is 18.6 Å². The molecule has 0 bridgehead atoms. The van der Waals surface area contributed by atoms with Crippen LogP contribution in [0.1, 0.15) is 56.3 Å². The molecule has 4 heterocycles. The van der Waals surface area contributed by atoms with Gasteiger partial charge in [0, 0.05) is 38.8 Å². The molecule has 0 saturated carbocycles. The van der Waals surface area contributed by atoms with E-state index in [0.29, 0.717) is 17.9 Å². The Labute approximate surface area is 165 Å². The van der Waals surface area contributed by atoms with E-state index in [0.717, 1.165) is 63.0 Å². The van der Waals surface area contributed by atoms with Gasteiger partial charge in [-0.15, -0.1) is 0 Å². The van der Waals surface area contributed by atoms with E-state index in [1.165, 1.54) is 0 Å². The lowest BCUT2D eigenvalue weighted by Gasteiger charge is -2.41. The summed E-state index contributed by atoms with van der Waals surface area (Å²) in [5.74, 6) is 0.702. The second-order valence-corrected chi connectivity index (χ2v) is 8.75. The second kappa shape index (κ2) is 7.53. The Bertz CT molecular complexity index is 880. The second-order valence-electron chi connectivity index (χ2n) is 8.75. The van der Waals surface area contributed by atoms with Crippen LogP contribution in [0.5, 0.6) is 0 Å². The molecule has 1 N–H and O–H groups in total. The van der Waals surface area contributed by atoms with E-state index in [1.54, 1.807) is 12.5 Å². The molecule has 28 heavy (non-hydrogen) atoms. The summed E-state index contributed by atoms with van der Waals surface area (Å²) < 4.78 is 2.04. The van der Waals surface area contributed by atoms with Crippen LogP contribution >= 0.6 is 0 Å². The molecule has 4 rings (SSSR count). The van der Waals surface area contributed by atoms with E-state index >= 15 is 0 Å². The van der Waals surface area contributed by atoms with Gasteiger partial charge in [0.25, 0.3) is 5.91 Å². The van der Waals surface area contributed by atoms with Crippen molar-refractivity contribution in [2.45, 2.75) is 52.5 Å². The number of likely N-dealkylation sites (tertiary alicyclic amines) is 1. The molecule has 2 aromatic heterocycles. The number of imidazole rings is 1. The Balaban J connectivity index is 1.44. The van der Waals surface area contributed by atoms with E-state index in [4.69, 9.17) is 0 Å². The minimum Gasteiger partial charge on any atom is -0.356 e. The number of fused-ring (bicyclic) bond motifs is 1. The van der Waals surface area contributed by atoms with Gasteiger partial charge in [0.2, 0.25) is 5.91 Å². The fourth-order valence-electron chi connectivity index (χ4n) is 4.52. The van der Waals surface area contributed by atoms with Gasteiger partial charge in [0.1, 0.15) is 5.52 Å². The first-order valence-corrected chi connectivity index (χ1v) is 10.3. The molecule has 2 amide bonds. The number of rotatable bonds is 3. The Morgan fingerprint density at radius 1 is 1.21 bits per heavy atom. The molecular formula is C21H29N5O2. The van der Waals surface area contributed by atoms with Crippen LogP contribution in [0.4, 0.5) is 0 Å². The van der Waals surface area contributed by atoms with E-state index in [1.807, 2.05) is 15.5 Å². The third kappa shape index (κ3) is 3.75. The average molecular weight is 383 g/mol. The Hall–Kier alpha value is -2.44. The predicted molar refractivity (Wildman–Crippen MR) is 107 cm³/mol. The third-order valence-electron chi connectivity index (χ3n) is 6.24. The van der Waals surface area contributed by atoms with Gasteiger partial charge in [-0.05, 0) is 43.1 Å². The summed E-state index contributed by atoms with van der Waals surface area (Å²) in [6.45, 7) is 7.43. The molecule has 2 fully saturated rings. The van der Waals surface area contributed by atoms with Gasteiger partial charge in [-0.25, -0.2) is 9.97 Å². The van der Waals surface area contributed by atoms with Gasteiger partial charge >= 0.3 is 0 Å². The summed E-state index contributed by atoms with van der Waals surface area (Å²) in [7, 11) is 0. The number of aromatic nitrogens is 3. The van der Waals surface area contributed by atoms with Crippen LogP contribution in [0, 0.1) is 11.3 Å². The van der Waals surface area contributed by atoms with Crippen molar-refractivity contribution in [3.05, 3.63) is 24.2 Å². The Morgan fingerprint density at radius 2 is 2.00 bits per heavy atom. The molecule has 0 unspecified atom stereocenters. The summed E-state index contributed by atoms with van der Waals surface area (Å²) in [5, 5.41) is 2.97. The summed E-state index contributed by atoms with van der Waals surface area (Å²) in [6.07, 6.45) is 7.97. The Kier molecular flexibility index (Phi) is 5.08. The van der Waals surface area contributed by atoms with Crippen molar-refractivity contribution >= 4 is 23.0 Å². The number of carbonyl (C=O) groups excluding carboxylic acids is 2. The smallest absolute Gasteiger partial charge is 0.255 e. The number of hydrogen-bond donors (Lipinski definition) is 1. The molecule has 0 aromatic carbocycles. The maximum Gasteiger partial charge on any atom is 0.255 e. The predicted octanol–water partition coefficient (Wildman–Crippen LogP) is 2.61. The largest absolute Gasteiger partial charge is 0.356 e. The quantitative estimate of drug-likeness (QED) is 0.883. The zero-order valence-corrected chi connectivity index (χ0v) is 16.8. The summed E-state index contributed by atoms with van der Waals surface area (Å²) in [4.78, 5) is 35.5. The van der Waals surface area contributed by atoms with Crippen molar-refractivity contribution < 1.29 is 9.59 Å². The molecule has 2 aliphatic heterocycles. The highest BCUT2D eigenvalue weighted by Crippen LogP contribution is 2.40. The molecule has 0 atom stereocenters. The molecule has 2 aromatic rings. The van der Waals surface area contributed by atoms with E-state index in [-0.39, 0.29) is 17.2 Å². The highest BCUT2D eigenvalue weighted by atomic mass is 16.2. The lowest BCUT2D eigenvalue weighted by molar-refractivity contribution is -0.121. The van der Waals surface area contributed by atoms with Gasteiger partial charge < -0.3 is 14.8 Å². The van der Waals surface area contributed by atoms with Crippen LogP contribution in [-0.4, -0.2) is 50.9 Å². The van der Waals surface area contributed by atoms with Gasteiger partial charge in [-0.2, -0.15) is 0 Å². The molecule has 150 valence electrons. The molecule has 0 aliphatic carbocycles. The first-order valence-electron chi connectivity index (χ1n) is 10.3. The third-order valence-corrected chi connectivity index (χ3v) is 6.24. The van der Waals surface area contributed by atoms with Crippen LogP contribution in [0.25, 0.3) is 11.2 Å². The van der Waals surface area contributed by atoms with Crippen LogP contribution in [0.3, 0.4) is 0 Å². The molecule has 7 nitrogen and oxygen atoms in total. The van der Waals surface area contributed by atoms with Gasteiger partial charge in [-0.3, -0.25) is 9.59 Å². The molecule has 2 saturated heterocycles. The van der Waals surface area contributed by atoms with Crippen molar-refractivity contribution in [2.24, 2.45) is 11.3 Å². The number of nitrogens with zero attached hydrogens (tertiary/aromatic N) is 4. The maximum atomic E-state index is 13.0. The SMILES string of the molecule is CC(C)Cn1cnc2cc(C(=O)N3CCC4(CCNC(=O)CC4)CC3)cnc21. The van der Waals surface area contributed by atoms with Gasteiger partial charge in [-0.1, -0.05) is 13.8 Å². The number of nitrogens with one attached hydrogen (secondary N) is 1. The Morgan fingerprint density at radius 3 is 2.75 bits per heavy atom. The molecular weight excluding hydrogens is 354 g/mol. The highest BCUT2D eigenvalue weighted by molar-refractivity contribution is 5.96. The van der Waals surface area contributed by atoms with Crippen molar-refractivity contribution in [2.75, 3.05) is 19.6 Å². The molecule has 2 aliphatic rings. The van der Waals surface area contributed by atoms with Crippen LogP contribution in [-0.2, 0) is 11.3 Å². The number of pyridine rings is 1. The van der Waals surface area contributed by atoms with Gasteiger partial charge in [0.15, 0.2) is 5.65 Å². The normalized spacial score (nSPS) is 19.8. The van der Waals surface area contributed by atoms with Crippen molar-refractivity contribution in [3.8, 4) is 0 Å². The van der Waals surface area contributed by atoms with E-state index in [9.17, 15) is 9.59 Å².